The van der Waals surface area contributed by atoms with Crippen molar-refractivity contribution in [2.75, 3.05) is 27.4 Å². The molecule has 1 aliphatic rings. The summed E-state index contributed by atoms with van der Waals surface area (Å²) in [4.78, 5) is 12.6. The van der Waals surface area contributed by atoms with Gasteiger partial charge < -0.3 is 25.3 Å². The van der Waals surface area contributed by atoms with Crippen LogP contribution < -0.4 is 20.5 Å². The maximum atomic E-state index is 12.6. The molecule has 0 radical (unpaired) electrons. The second-order valence-electron chi connectivity index (χ2n) is 7.02. The first kappa shape index (κ1) is 22.5. The summed E-state index contributed by atoms with van der Waals surface area (Å²) < 4.78 is 16.3. The number of nitrogens with two attached hydrogens (primary N) is 1. The molecule has 7 heteroatoms. The quantitative estimate of drug-likeness (QED) is 0.716. The Morgan fingerprint density at radius 3 is 2.54 bits per heavy atom. The summed E-state index contributed by atoms with van der Waals surface area (Å²) in [6, 6.07) is 5.63. The molecule has 0 saturated heterocycles. The standard InChI is InChI=1S/C19H30N2O4.ClH/c1-6-25-16-12-19(20,18(16,2)3)17(22)21-10-9-13-11-14(23-4)7-8-15(13)24-5;/h7-8,11,16H,6,9-10,12,20H2,1-5H3,(H,21,22);1H. The maximum absolute atomic E-state index is 12.6. The average molecular weight is 387 g/mol. The Kier molecular flexibility index (Phi) is 7.74. The average Bonchev–Trinajstić information content (AvgIpc) is 2.60. The van der Waals surface area contributed by atoms with Gasteiger partial charge >= 0.3 is 0 Å². The summed E-state index contributed by atoms with van der Waals surface area (Å²) in [5, 5.41) is 2.96. The van der Waals surface area contributed by atoms with E-state index in [1.807, 2.05) is 39.0 Å². The summed E-state index contributed by atoms with van der Waals surface area (Å²) in [7, 11) is 3.25. The number of halogens is 1. The largest absolute Gasteiger partial charge is 0.497 e. The van der Waals surface area contributed by atoms with Gasteiger partial charge in [0.25, 0.3) is 0 Å². The van der Waals surface area contributed by atoms with Gasteiger partial charge in [-0.2, -0.15) is 0 Å². The predicted octanol–water partition coefficient (Wildman–Crippen LogP) is 2.32. The van der Waals surface area contributed by atoms with Crippen LogP contribution in [0, 0.1) is 5.41 Å². The van der Waals surface area contributed by atoms with Crippen LogP contribution in [0.4, 0.5) is 0 Å². The summed E-state index contributed by atoms with van der Waals surface area (Å²) >= 11 is 0. The number of nitrogens with one attached hydrogen (secondary N) is 1. The van der Waals surface area contributed by atoms with Crippen LogP contribution in [0.1, 0.15) is 32.8 Å². The van der Waals surface area contributed by atoms with Gasteiger partial charge in [-0.1, -0.05) is 13.8 Å². The van der Waals surface area contributed by atoms with E-state index in [1.165, 1.54) is 0 Å². The summed E-state index contributed by atoms with van der Waals surface area (Å²) in [6.45, 7) is 7.04. The molecule has 2 rings (SSSR count). The fraction of sp³-hybridized carbons (Fsp3) is 0.632. The molecule has 1 amide bonds. The van der Waals surface area contributed by atoms with Crippen molar-refractivity contribution in [1.29, 1.82) is 0 Å². The summed E-state index contributed by atoms with van der Waals surface area (Å²) in [6.07, 6.45) is 1.20. The topological polar surface area (TPSA) is 82.8 Å². The van der Waals surface area contributed by atoms with Crippen molar-refractivity contribution in [3.8, 4) is 11.5 Å². The molecule has 0 bridgehead atoms. The Bertz CT molecular complexity index is 624. The number of carbonyl (C=O) groups excluding carboxylic acids is 1. The molecule has 1 aliphatic carbocycles. The van der Waals surface area contributed by atoms with Crippen LogP contribution in [-0.4, -0.2) is 44.9 Å². The number of hydrogen-bond donors (Lipinski definition) is 2. The van der Waals surface area contributed by atoms with Crippen molar-refractivity contribution < 1.29 is 19.0 Å². The molecule has 1 aromatic rings. The minimum absolute atomic E-state index is 0. The predicted molar refractivity (Wildman–Crippen MR) is 104 cm³/mol. The number of hydrogen-bond acceptors (Lipinski definition) is 5. The Morgan fingerprint density at radius 1 is 1.31 bits per heavy atom. The van der Waals surface area contributed by atoms with E-state index < -0.39 is 5.54 Å². The molecule has 0 spiro atoms. The van der Waals surface area contributed by atoms with Gasteiger partial charge in [0.05, 0.1) is 20.3 Å². The van der Waals surface area contributed by atoms with Crippen molar-refractivity contribution in [3.05, 3.63) is 23.8 Å². The van der Waals surface area contributed by atoms with Crippen molar-refractivity contribution in [2.24, 2.45) is 11.1 Å². The second kappa shape index (κ2) is 8.93. The maximum Gasteiger partial charge on any atom is 0.240 e. The number of ether oxygens (including phenoxy) is 3. The van der Waals surface area contributed by atoms with Gasteiger partial charge in [0, 0.05) is 25.0 Å². The zero-order valence-corrected chi connectivity index (χ0v) is 17.1. The Morgan fingerprint density at radius 2 is 2.00 bits per heavy atom. The molecular formula is C19H31ClN2O4. The van der Waals surface area contributed by atoms with E-state index in [-0.39, 0.29) is 29.8 Å². The molecule has 1 fully saturated rings. The smallest absolute Gasteiger partial charge is 0.240 e. The van der Waals surface area contributed by atoms with E-state index in [4.69, 9.17) is 19.9 Å². The molecule has 148 valence electrons. The fourth-order valence-corrected chi connectivity index (χ4v) is 3.37. The zero-order valence-electron chi connectivity index (χ0n) is 16.3. The third kappa shape index (κ3) is 4.08. The molecule has 0 aliphatic heterocycles. The van der Waals surface area contributed by atoms with Crippen LogP contribution in [0.2, 0.25) is 0 Å². The van der Waals surface area contributed by atoms with Gasteiger partial charge in [-0.05, 0) is 37.1 Å². The van der Waals surface area contributed by atoms with E-state index in [9.17, 15) is 4.79 Å². The van der Waals surface area contributed by atoms with Crippen LogP contribution in [0.25, 0.3) is 0 Å². The monoisotopic (exact) mass is 386 g/mol. The van der Waals surface area contributed by atoms with Gasteiger partial charge in [0.1, 0.15) is 17.0 Å². The van der Waals surface area contributed by atoms with E-state index in [0.717, 1.165) is 17.1 Å². The number of rotatable bonds is 8. The molecule has 6 nitrogen and oxygen atoms in total. The minimum Gasteiger partial charge on any atom is -0.497 e. The normalized spacial score (nSPS) is 23.4. The summed E-state index contributed by atoms with van der Waals surface area (Å²) in [5.74, 6) is 1.41. The first-order valence-corrected chi connectivity index (χ1v) is 8.69. The number of benzene rings is 1. The molecule has 26 heavy (non-hydrogen) atoms. The van der Waals surface area contributed by atoms with Crippen molar-refractivity contribution >= 4 is 18.3 Å². The van der Waals surface area contributed by atoms with Crippen LogP contribution in [-0.2, 0) is 16.0 Å². The summed E-state index contributed by atoms with van der Waals surface area (Å²) in [5.41, 5.74) is 6.08. The lowest BCUT2D eigenvalue weighted by Crippen LogP contribution is -2.75. The van der Waals surface area contributed by atoms with Crippen molar-refractivity contribution in [2.45, 2.75) is 45.3 Å². The van der Waals surface area contributed by atoms with Crippen molar-refractivity contribution in [1.82, 2.24) is 5.32 Å². The highest BCUT2D eigenvalue weighted by Gasteiger charge is 2.62. The SMILES string of the molecule is CCOC1CC(N)(C(=O)NCCc2cc(OC)ccc2OC)C1(C)C.Cl. The van der Waals surface area contributed by atoms with Crippen LogP contribution >= 0.6 is 12.4 Å². The highest BCUT2D eigenvalue weighted by Crippen LogP contribution is 2.49. The number of methoxy groups -OCH3 is 2. The van der Waals surface area contributed by atoms with Crippen molar-refractivity contribution in [3.63, 3.8) is 0 Å². The first-order valence-electron chi connectivity index (χ1n) is 8.69. The van der Waals surface area contributed by atoms with Crippen LogP contribution in [0.3, 0.4) is 0 Å². The molecule has 2 unspecified atom stereocenters. The Balaban J connectivity index is 0.00000338. The van der Waals surface area contributed by atoms with Crippen LogP contribution in [0.5, 0.6) is 11.5 Å². The third-order valence-electron chi connectivity index (χ3n) is 5.40. The molecule has 1 saturated carbocycles. The molecule has 0 aromatic heterocycles. The van der Waals surface area contributed by atoms with E-state index in [0.29, 0.717) is 26.0 Å². The van der Waals surface area contributed by atoms with E-state index in [1.54, 1.807) is 14.2 Å². The van der Waals surface area contributed by atoms with Gasteiger partial charge in [-0.15, -0.1) is 12.4 Å². The molecule has 3 N–H and O–H groups in total. The third-order valence-corrected chi connectivity index (χ3v) is 5.40. The highest BCUT2D eigenvalue weighted by atomic mass is 35.5. The van der Waals surface area contributed by atoms with Gasteiger partial charge in [-0.25, -0.2) is 0 Å². The fourth-order valence-electron chi connectivity index (χ4n) is 3.37. The molecule has 2 atom stereocenters. The number of carbonyl (C=O) groups is 1. The lowest BCUT2D eigenvalue weighted by molar-refractivity contribution is -0.170. The van der Waals surface area contributed by atoms with Gasteiger partial charge in [-0.3, -0.25) is 4.79 Å². The molecular weight excluding hydrogens is 356 g/mol. The van der Waals surface area contributed by atoms with Gasteiger partial charge in [0.15, 0.2) is 0 Å². The highest BCUT2D eigenvalue weighted by molar-refractivity contribution is 5.88. The lowest BCUT2D eigenvalue weighted by atomic mass is 9.54. The van der Waals surface area contributed by atoms with Crippen LogP contribution in [0.15, 0.2) is 18.2 Å². The number of amides is 1. The zero-order chi connectivity index (χ0) is 18.7. The lowest BCUT2D eigenvalue weighted by Gasteiger charge is -2.57. The first-order chi connectivity index (χ1) is 11.8. The molecule has 1 aromatic carbocycles. The van der Waals surface area contributed by atoms with E-state index in [2.05, 4.69) is 5.32 Å². The van der Waals surface area contributed by atoms with Gasteiger partial charge in [0.2, 0.25) is 5.91 Å². The molecule has 0 heterocycles. The Labute approximate surface area is 162 Å². The Hall–Kier alpha value is -1.50. The second-order valence-corrected chi connectivity index (χ2v) is 7.02. The van der Waals surface area contributed by atoms with E-state index >= 15 is 0 Å². The minimum atomic E-state index is -0.898.